The van der Waals surface area contributed by atoms with Crippen molar-refractivity contribution in [2.45, 2.75) is 132 Å². The fourth-order valence-corrected chi connectivity index (χ4v) is 10.1. The first kappa shape index (κ1) is 52.7. The minimum absolute atomic E-state index is 0.0192. The molecule has 5 aromatic heterocycles. The molecule has 1 aliphatic carbocycles. The van der Waals surface area contributed by atoms with Gasteiger partial charge in [-0.15, -0.1) is 5.10 Å². The summed E-state index contributed by atoms with van der Waals surface area (Å²) in [7, 11) is 8.01. The van der Waals surface area contributed by atoms with E-state index in [2.05, 4.69) is 50.8 Å². The smallest absolute Gasteiger partial charge is 0.220 e. The first-order chi connectivity index (χ1) is 34.5. The van der Waals surface area contributed by atoms with Crippen molar-refractivity contribution in [2.75, 3.05) is 85.5 Å². The number of unbranched alkanes of at least 4 members (excludes halogenated alkanes) is 1. The number of hydrogen-bond donors (Lipinski definition) is 8. The van der Waals surface area contributed by atoms with Gasteiger partial charge in [0.15, 0.2) is 35.4 Å². The lowest BCUT2D eigenvalue weighted by atomic mass is 9.99. The van der Waals surface area contributed by atoms with Gasteiger partial charge in [0, 0.05) is 45.3 Å². The van der Waals surface area contributed by atoms with Gasteiger partial charge < -0.3 is 65.7 Å². The van der Waals surface area contributed by atoms with E-state index in [0.29, 0.717) is 109 Å². The number of carbonyl (C=O) groups is 2. The lowest BCUT2D eigenvalue weighted by Gasteiger charge is -2.33. The van der Waals surface area contributed by atoms with E-state index in [1.165, 1.54) is 25.3 Å². The van der Waals surface area contributed by atoms with E-state index in [4.69, 9.17) is 25.7 Å². The molecule has 0 radical (unpaired) electrons. The van der Waals surface area contributed by atoms with Gasteiger partial charge in [-0.3, -0.25) is 18.7 Å². The molecule has 0 spiro atoms. The Morgan fingerprint density at radius 1 is 0.708 bits per heavy atom. The molecule has 0 aromatic carbocycles. The van der Waals surface area contributed by atoms with Gasteiger partial charge in [0.05, 0.1) is 66.2 Å². The number of aromatic nitrogens is 11. The van der Waals surface area contributed by atoms with Crippen molar-refractivity contribution in [3.63, 3.8) is 0 Å². The molecule has 26 heteroatoms. The van der Waals surface area contributed by atoms with Crippen LogP contribution in [0, 0.1) is 0 Å². The van der Waals surface area contributed by atoms with Crippen LogP contribution in [0.25, 0.3) is 22.3 Å². The summed E-state index contributed by atoms with van der Waals surface area (Å²) in [4.78, 5) is 50.5. The fraction of sp³-hybridized carbons (Fsp3) is 0.696. The van der Waals surface area contributed by atoms with E-state index in [0.717, 1.165) is 56.3 Å². The standard InChI is InChI=1S/C46H71N17O9/c1-62(2,22-30-37(66)39(68)45(71-30)59-26-55-35-41(47)51-24-53-43(35)59)19-10-14-32(64)49-16-8-9-18-61-28-12-6-5-7-13-29(34(28)57-58-61)70-21-17-50-33(65)15-11-20-63(3,4)23-31-38(67)40(69)46(72-31)60-27-56-36-42(48)52-25-54-44(36)60/h24-27,29-31,37-40,45-46,66-69H,5-23H2,1-4H3,(H4-2,47,48,49,50,51,52,53,54,64,65)/p+2/t29?,30-,31-,37-,38-,39-,40-,45-,46-/m1/s1. The second-order valence-electron chi connectivity index (χ2n) is 20.7. The number of quaternary nitrogens is 2. The van der Waals surface area contributed by atoms with Gasteiger partial charge in [-0.05, 0) is 32.1 Å². The number of nitrogen functional groups attached to an aromatic ring is 2. The number of aryl methyl sites for hydroxylation is 1. The molecule has 3 aliphatic rings. The number of anilines is 2. The third kappa shape index (κ3) is 12.4. The summed E-state index contributed by atoms with van der Waals surface area (Å²) in [5.41, 5.74) is 15.4. The van der Waals surface area contributed by atoms with Gasteiger partial charge in [-0.2, -0.15) is 0 Å². The molecule has 9 atom stereocenters. The van der Waals surface area contributed by atoms with Crippen molar-refractivity contribution in [1.82, 2.24) is 64.7 Å². The van der Waals surface area contributed by atoms with E-state index in [1.54, 1.807) is 9.13 Å². The monoisotopic (exact) mass is 1010 g/mol. The Labute approximate surface area is 417 Å². The molecular formula is C46H73N17O9+2. The molecule has 1 unspecified atom stereocenters. The summed E-state index contributed by atoms with van der Waals surface area (Å²) < 4.78 is 24.7. The lowest BCUT2D eigenvalue weighted by molar-refractivity contribution is -0.893. The summed E-state index contributed by atoms with van der Waals surface area (Å²) in [6, 6.07) is 0. The number of aliphatic hydroxyl groups is 4. The van der Waals surface area contributed by atoms with Crippen molar-refractivity contribution in [3.05, 3.63) is 36.7 Å². The van der Waals surface area contributed by atoms with Crippen LogP contribution in [0.4, 0.5) is 11.6 Å². The number of nitrogens with two attached hydrogens (primary N) is 2. The van der Waals surface area contributed by atoms with Crippen molar-refractivity contribution in [3.8, 4) is 0 Å². The molecule has 0 bridgehead atoms. The Morgan fingerprint density at radius 2 is 1.25 bits per heavy atom. The number of aliphatic hydroxyl groups excluding tert-OH is 4. The number of carbonyl (C=O) groups excluding carboxylic acids is 2. The second-order valence-corrected chi connectivity index (χ2v) is 20.7. The van der Waals surface area contributed by atoms with Gasteiger partial charge in [0.1, 0.15) is 85.2 Å². The minimum Gasteiger partial charge on any atom is -0.387 e. The fourth-order valence-electron chi connectivity index (χ4n) is 10.1. The topological polar surface area (TPSA) is 337 Å². The van der Waals surface area contributed by atoms with Crippen LogP contribution in [-0.4, -0.2) is 206 Å². The zero-order valence-electron chi connectivity index (χ0n) is 41.7. The normalized spacial score (nSPS) is 24.9. The molecule has 10 N–H and O–H groups in total. The molecule has 2 saturated heterocycles. The lowest BCUT2D eigenvalue weighted by Crippen LogP contribution is -2.49. The van der Waals surface area contributed by atoms with Crippen LogP contribution >= 0.6 is 0 Å². The summed E-state index contributed by atoms with van der Waals surface area (Å²) in [6.45, 7) is 4.06. The van der Waals surface area contributed by atoms with Gasteiger partial charge in [0.2, 0.25) is 11.8 Å². The van der Waals surface area contributed by atoms with Gasteiger partial charge in [-0.1, -0.05) is 18.1 Å². The van der Waals surface area contributed by atoms with E-state index >= 15 is 0 Å². The van der Waals surface area contributed by atoms with Gasteiger partial charge in [0.25, 0.3) is 0 Å². The van der Waals surface area contributed by atoms with Crippen molar-refractivity contribution in [1.29, 1.82) is 0 Å². The predicted octanol–water partition coefficient (Wildman–Crippen LogP) is -0.739. The van der Waals surface area contributed by atoms with E-state index < -0.39 is 49.1 Å². The Balaban J connectivity index is 0.696. The van der Waals surface area contributed by atoms with Crippen LogP contribution in [0.1, 0.15) is 94.2 Å². The highest BCUT2D eigenvalue weighted by atomic mass is 16.6. The average molecular weight is 1010 g/mol. The highest BCUT2D eigenvalue weighted by molar-refractivity contribution is 5.82. The summed E-state index contributed by atoms with van der Waals surface area (Å²) in [5.74, 6) is 0.334. The SMILES string of the molecule is C[N+](C)(CCCC(=O)NCCCCn1nnc2c1CCCCCC2OCCNC(=O)CCC[N+](C)(C)C[C@H]1O[C@@H](n2cnc3c(N)ncnc32)[C@H](O)[C@@H]1O)C[C@H]1O[C@@H](n2cnc3c(N)ncnc32)[C@H](O)[C@@H]1O. The summed E-state index contributed by atoms with van der Waals surface area (Å²) >= 11 is 0. The first-order valence-corrected chi connectivity index (χ1v) is 25.1. The van der Waals surface area contributed by atoms with Gasteiger partial charge in [-0.25, -0.2) is 34.6 Å². The van der Waals surface area contributed by atoms with Crippen LogP contribution < -0.4 is 22.1 Å². The van der Waals surface area contributed by atoms with Crippen LogP contribution in [0.15, 0.2) is 25.3 Å². The number of ether oxygens (including phenoxy) is 3. The molecule has 2 amide bonds. The van der Waals surface area contributed by atoms with Crippen LogP contribution in [0.5, 0.6) is 0 Å². The molecule has 72 heavy (non-hydrogen) atoms. The Kier molecular flexibility index (Phi) is 16.9. The third-order valence-electron chi connectivity index (χ3n) is 14.1. The number of amides is 2. The molecule has 2 fully saturated rings. The van der Waals surface area contributed by atoms with Crippen LogP contribution in [0.2, 0.25) is 0 Å². The van der Waals surface area contributed by atoms with E-state index in [1.807, 2.05) is 32.9 Å². The Hall–Kier alpha value is -5.58. The van der Waals surface area contributed by atoms with E-state index in [-0.39, 0.29) is 29.6 Å². The maximum Gasteiger partial charge on any atom is 0.220 e. The maximum absolute atomic E-state index is 12.9. The number of nitrogens with zero attached hydrogens (tertiary/aromatic N) is 13. The first-order valence-electron chi connectivity index (χ1n) is 25.1. The quantitative estimate of drug-likeness (QED) is 0.0295. The number of nitrogens with one attached hydrogen (secondary N) is 2. The maximum atomic E-state index is 12.9. The summed E-state index contributed by atoms with van der Waals surface area (Å²) in [5, 5.41) is 58.7. The number of hydrogen-bond acceptors (Lipinski definition) is 19. The third-order valence-corrected chi connectivity index (χ3v) is 14.1. The number of rotatable bonds is 23. The summed E-state index contributed by atoms with van der Waals surface area (Å²) in [6.07, 6.45) is 5.94. The highest BCUT2D eigenvalue weighted by Gasteiger charge is 2.48. The number of likely N-dealkylation sites (N-methyl/N-ethyl adjacent to an activating group) is 2. The number of imidazole rings is 2. The molecule has 5 aromatic rings. The zero-order chi connectivity index (χ0) is 51.2. The van der Waals surface area contributed by atoms with Crippen LogP contribution in [0.3, 0.4) is 0 Å². The Bertz CT molecular complexity index is 2610. The average Bonchev–Trinajstić information content (AvgIpc) is 4.16. The minimum atomic E-state index is -1.20. The zero-order valence-corrected chi connectivity index (χ0v) is 41.7. The Morgan fingerprint density at radius 3 is 1.81 bits per heavy atom. The molecule has 0 saturated carbocycles. The molecular weight excluding hydrogens is 935 g/mol. The largest absolute Gasteiger partial charge is 0.387 e. The highest BCUT2D eigenvalue weighted by Crippen LogP contribution is 2.35. The molecule has 8 rings (SSSR count). The van der Waals surface area contributed by atoms with Crippen molar-refractivity contribution < 1.29 is 53.2 Å². The van der Waals surface area contributed by atoms with Gasteiger partial charge >= 0.3 is 0 Å². The van der Waals surface area contributed by atoms with Crippen LogP contribution in [-0.2, 0) is 36.8 Å². The number of fused-ring (bicyclic) bond motifs is 3. The van der Waals surface area contributed by atoms with Crippen molar-refractivity contribution >= 4 is 45.8 Å². The molecule has 394 valence electrons. The van der Waals surface area contributed by atoms with Crippen molar-refractivity contribution in [2.24, 2.45) is 0 Å². The predicted molar refractivity (Wildman–Crippen MR) is 260 cm³/mol. The molecule has 2 aliphatic heterocycles. The second kappa shape index (κ2) is 23.1. The molecule has 26 nitrogen and oxygen atoms in total. The molecule has 7 heterocycles. The van der Waals surface area contributed by atoms with E-state index in [9.17, 15) is 30.0 Å².